The Hall–Kier alpha value is -2.74. The third-order valence-corrected chi connectivity index (χ3v) is 4.28. The van der Waals surface area contributed by atoms with Crippen LogP contribution in [0.1, 0.15) is 30.8 Å². The summed E-state index contributed by atoms with van der Waals surface area (Å²) in [5, 5.41) is 26.6. The van der Waals surface area contributed by atoms with Gasteiger partial charge in [0, 0.05) is 6.54 Å². The first-order valence-electron chi connectivity index (χ1n) is 8.09. The summed E-state index contributed by atoms with van der Waals surface area (Å²) in [5.41, 5.74) is 2.72. The van der Waals surface area contributed by atoms with Gasteiger partial charge in [-0.25, -0.2) is 0 Å². The molecule has 0 spiro atoms. The summed E-state index contributed by atoms with van der Waals surface area (Å²) in [7, 11) is 0. The molecule has 1 aliphatic rings. The summed E-state index contributed by atoms with van der Waals surface area (Å²) < 4.78 is 3.70. The molecule has 3 heterocycles. The van der Waals surface area contributed by atoms with Gasteiger partial charge in [0.25, 0.3) is 5.95 Å². The van der Waals surface area contributed by atoms with Crippen LogP contribution >= 0.6 is 0 Å². The molecule has 124 valence electrons. The number of benzene rings is 1. The lowest BCUT2D eigenvalue weighted by molar-refractivity contribution is 0.168. The SMILES string of the molecule is CC[C@H](O)c1cc2n(n1)CCN(c1nnnn1-c1ccccc1)C2. The molecule has 0 unspecified atom stereocenters. The fourth-order valence-electron chi connectivity index (χ4n) is 2.95. The van der Waals surface area contributed by atoms with E-state index >= 15 is 0 Å². The zero-order valence-corrected chi connectivity index (χ0v) is 13.4. The van der Waals surface area contributed by atoms with Gasteiger partial charge in [-0.15, -0.1) is 0 Å². The van der Waals surface area contributed by atoms with Gasteiger partial charge in [0.05, 0.1) is 36.3 Å². The number of tetrazole rings is 1. The number of aliphatic hydroxyl groups is 1. The van der Waals surface area contributed by atoms with Gasteiger partial charge in [-0.05, 0) is 35.0 Å². The predicted molar refractivity (Wildman–Crippen MR) is 87.7 cm³/mol. The highest BCUT2D eigenvalue weighted by Gasteiger charge is 2.24. The largest absolute Gasteiger partial charge is 0.387 e. The topological polar surface area (TPSA) is 84.9 Å². The number of hydrogen-bond donors (Lipinski definition) is 1. The number of rotatable bonds is 4. The molecule has 1 aromatic carbocycles. The Bertz CT molecular complexity index is 826. The number of anilines is 1. The molecule has 4 rings (SSSR count). The first-order valence-corrected chi connectivity index (χ1v) is 8.09. The molecule has 0 fully saturated rings. The molecule has 0 saturated heterocycles. The van der Waals surface area contributed by atoms with Gasteiger partial charge < -0.3 is 10.0 Å². The van der Waals surface area contributed by atoms with Crippen LogP contribution in [-0.2, 0) is 13.1 Å². The molecule has 0 amide bonds. The van der Waals surface area contributed by atoms with Crippen molar-refractivity contribution in [2.45, 2.75) is 32.5 Å². The maximum absolute atomic E-state index is 10.00. The van der Waals surface area contributed by atoms with Crippen molar-refractivity contribution in [2.24, 2.45) is 0 Å². The second-order valence-electron chi connectivity index (χ2n) is 5.86. The Morgan fingerprint density at radius 2 is 2.04 bits per heavy atom. The van der Waals surface area contributed by atoms with Crippen molar-refractivity contribution in [3.63, 3.8) is 0 Å². The summed E-state index contributed by atoms with van der Waals surface area (Å²) in [6.45, 7) is 4.12. The van der Waals surface area contributed by atoms with Gasteiger partial charge >= 0.3 is 0 Å². The normalized spacial score (nSPS) is 15.3. The number of para-hydroxylation sites is 1. The second kappa shape index (κ2) is 6.04. The lowest BCUT2D eigenvalue weighted by Gasteiger charge is -2.27. The minimum absolute atomic E-state index is 0.508. The Morgan fingerprint density at radius 3 is 2.83 bits per heavy atom. The molecule has 8 nitrogen and oxygen atoms in total. The molecule has 0 aliphatic carbocycles. The molecule has 0 bridgehead atoms. The van der Waals surface area contributed by atoms with Gasteiger partial charge in [-0.1, -0.05) is 30.2 Å². The van der Waals surface area contributed by atoms with Gasteiger partial charge in [0.2, 0.25) is 0 Å². The quantitative estimate of drug-likeness (QED) is 0.779. The summed E-state index contributed by atoms with van der Waals surface area (Å²) in [6, 6.07) is 11.8. The van der Waals surface area contributed by atoms with E-state index in [0.29, 0.717) is 18.9 Å². The van der Waals surface area contributed by atoms with Crippen LogP contribution in [0.3, 0.4) is 0 Å². The number of fused-ring (bicyclic) bond motifs is 1. The lowest BCUT2D eigenvalue weighted by Crippen LogP contribution is -2.35. The third-order valence-electron chi connectivity index (χ3n) is 4.28. The van der Waals surface area contributed by atoms with E-state index in [-0.39, 0.29) is 0 Å². The second-order valence-corrected chi connectivity index (χ2v) is 5.86. The zero-order valence-electron chi connectivity index (χ0n) is 13.4. The average molecular weight is 325 g/mol. The molecule has 3 aromatic rings. The van der Waals surface area contributed by atoms with Crippen LogP contribution in [0.5, 0.6) is 0 Å². The molecule has 1 N–H and O–H groups in total. The minimum Gasteiger partial charge on any atom is -0.387 e. The van der Waals surface area contributed by atoms with Gasteiger partial charge in [0.1, 0.15) is 0 Å². The van der Waals surface area contributed by atoms with E-state index in [1.165, 1.54) is 0 Å². The van der Waals surface area contributed by atoms with Gasteiger partial charge in [-0.3, -0.25) is 4.68 Å². The summed E-state index contributed by atoms with van der Waals surface area (Å²) in [6.07, 6.45) is 0.151. The van der Waals surface area contributed by atoms with Crippen molar-refractivity contribution in [1.82, 2.24) is 30.0 Å². The van der Waals surface area contributed by atoms with Crippen molar-refractivity contribution >= 4 is 5.95 Å². The van der Waals surface area contributed by atoms with E-state index in [9.17, 15) is 5.11 Å². The molecule has 24 heavy (non-hydrogen) atoms. The van der Waals surface area contributed by atoms with Crippen LogP contribution < -0.4 is 4.90 Å². The molecule has 0 radical (unpaired) electrons. The lowest BCUT2D eigenvalue weighted by atomic mass is 10.2. The fraction of sp³-hybridized carbons (Fsp3) is 0.375. The Balaban J connectivity index is 1.62. The van der Waals surface area contributed by atoms with E-state index in [1.54, 1.807) is 4.68 Å². The maximum Gasteiger partial charge on any atom is 0.250 e. The van der Waals surface area contributed by atoms with E-state index in [0.717, 1.165) is 30.2 Å². The standard InChI is InChI=1S/C16H19N7O/c1-2-15(24)14-10-13-11-21(8-9-22(13)18-14)16-17-19-20-23(16)12-6-4-3-5-7-12/h3-7,10,15,24H,2,8-9,11H2,1H3/t15-/m0/s1. The molecule has 2 aromatic heterocycles. The predicted octanol–water partition coefficient (Wildman–Crippen LogP) is 1.32. The van der Waals surface area contributed by atoms with Crippen LogP contribution in [0.25, 0.3) is 5.69 Å². The van der Waals surface area contributed by atoms with Crippen molar-refractivity contribution in [1.29, 1.82) is 0 Å². The van der Waals surface area contributed by atoms with E-state index < -0.39 is 6.10 Å². The number of nitrogens with zero attached hydrogens (tertiary/aromatic N) is 7. The fourth-order valence-corrected chi connectivity index (χ4v) is 2.95. The van der Waals surface area contributed by atoms with Crippen LogP contribution in [0.2, 0.25) is 0 Å². The monoisotopic (exact) mass is 325 g/mol. The first-order chi connectivity index (χ1) is 11.8. The van der Waals surface area contributed by atoms with E-state index in [2.05, 4.69) is 25.5 Å². The highest BCUT2D eigenvalue weighted by Crippen LogP contribution is 2.23. The maximum atomic E-state index is 10.00. The van der Waals surface area contributed by atoms with Crippen molar-refractivity contribution in [3.8, 4) is 5.69 Å². The molecule has 8 heteroatoms. The Kier molecular flexibility index (Phi) is 3.73. The van der Waals surface area contributed by atoms with Crippen molar-refractivity contribution in [3.05, 3.63) is 47.8 Å². The van der Waals surface area contributed by atoms with E-state index in [1.807, 2.05) is 48.0 Å². The number of aliphatic hydroxyl groups excluding tert-OH is 1. The van der Waals surface area contributed by atoms with Crippen LogP contribution in [0.15, 0.2) is 36.4 Å². The first kappa shape index (κ1) is 14.8. The van der Waals surface area contributed by atoms with Crippen LogP contribution in [-0.4, -0.2) is 41.6 Å². The summed E-state index contributed by atoms with van der Waals surface area (Å²) in [4.78, 5) is 2.13. The highest BCUT2D eigenvalue weighted by atomic mass is 16.3. The van der Waals surface area contributed by atoms with Crippen LogP contribution in [0, 0.1) is 0 Å². The molecular weight excluding hydrogens is 306 g/mol. The van der Waals surface area contributed by atoms with Gasteiger partial charge in [0.15, 0.2) is 0 Å². The van der Waals surface area contributed by atoms with Crippen LogP contribution in [0.4, 0.5) is 5.95 Å². The summed E-state index contributed by atoms with van der Waals surface area (Å²) >= 11 is 0. The minimum atomic E-state index is -0.508. The van der Waals surface area contributed by atoms with Crippen molar-refractivity contribution < 1.29 is 5.11 Å². The van der Waals surface area contributed by atoms with Crippen molar-refractivity contribution in [2.75, 3.05) is 11.4 Å². The molecule has 1 atom stereocenters. The molecule has 1 aliphatic heterocycles. The van der Waals surface area contributed by atoms with E-state index in [4.69, 9.17) is 0 Å². The molecule has 0 saturated carbocycles. The zero-order chi connectivity index (χ0) is 16.5. The highest BCUT2D eigenvalue weighted by molar-refractivity contribution is 5.41. The van der Waals surface area contributed by atoms with Gasteiger partial charge in [-0.2, -0.15) is 9.78 Å². The summed E-state index contributed by atoms with van der Waals surface area (Å²) in [5.74, 6) is 0.714. The number of aromatic nitrogens is 6. The molecular formula is C16H19N7O. The smallest absolute Gasteiger partial charge is 0.250 e. The Morgan fingerprint density at radius 1 is 1.21 bits per heavy atom. The number of hydrogen-bond acceptors (Lipinski definition) is 6. The third kappa shape index (κ3) is 2.54. The Labute approximate surface area is 139 Å². The average Bonchev–Trinajstić information content (AvgIpc) is 3.27.